The number of aryl methyl sites for hydroxylation is 1. The first kappa shape index (κ1) is 19.0. The van der Waals surface area contributed by atoms with Gasteiger partial charge in [-0.3, -0.25) is 0 Å². The van der Waals surface area contributed by atoms with Gasteiger partial charge in [-0.05, 0) is 44.7 Å². The molecule has 3 aromatic rings. The summed E-state index contributed by atoms with van der Waals surface area (Å²) in [5.41, 5.74) is 2.23. The van der Waals surface area contributed by atoms with Gasteiger partial charge in [0.15, 0.2) is 11.5 Å². The first-order chi connectivity index (χ1) is 13.3. The molecule has 0 atom stereocenters. The molecular weight excluding hydrogens is 338 g/mol. The standard InChI is InChI=1S/C22H27N3O2/c1-3-26-20-14-18-19(15-21(20)27-4-2)24-16-25-22(18)23-13-9-8-12-17-10-6-5-7-11-17/h5-7,10-11,14-16H,3-4,8-9,12-13H2,1-2H3,(H,23,24,25). The highest BCUT2D eigenvalue weighted by molar-refractivity contribution is 5.91. The van der Waals surface area contributed by atoms with Gasteiger partial charge in [0.1, 0.15) is 12.1 Å². The van der Waals surface area contributed by atoms with Gasteiger partial charge in [-0.2, -0.15) is 0 Å². The minimum Gasteiger partial charge on any atom is -0.490 e. The van der Waals surface area contributed by atoms with Crippen molar-refractivity contribution in [3.63, 3.8) is 0 Å². The summed E-state index contributed by atoms with van der Waals surface area (Å²) in [5.74, 6) is 2.29. The first-order valence-electron chi connectivity index (χ1n) is 9.64. The molecule has 0 amide bonds. The quantitative estimate of drug-likeness (QED) is 0.520. The number of fused-ring (bicyclic) bond motifs is 1. The van der Waals surface area contributed by atoms with Crippen LogP contribution in [0, 0.1) is 0 Å². The zero-order chi connectivity index (χ0) is 18.9. The second kappa shape index (κ2) is 9.76. The van der Waals surface area contributed by atoms with Crippen LogP contribution in [0.3, 0.4) is 0 Å². The third kappa shape index (κ3) is 5.09. The molecule has 0 bridgehead atoms. The zero-order valence-corrected chi connectivity index (χ0v) is 16.1. The normalized spacial score (nSPS) is 10.7. The van der Waals surface area contributed by atoms with Gasteiger partial charge in [0.2, 0.25) is 0 Å². The number of nitrogens with one attached hydrogen (secondary N) is 1. The lowest BCUT2D eigenvalue weighted by atomic mass is 10.1. The summed E-state index contributed by atoms with van der Waals surface area (Å²) in [6.07, 6.45) is 4.90. The van der Waals surface area contributed by atoms with Crippen LogP contribution >= 0.6 is 0 Å². The molecule has 27 heavy (non-hydrogen) atoms. The van der Waals surface area contributed by atoms with Crippen molar-refractivity contribution >= 4 is 16.7 Å². The molecule has 0 saturated heterocycles. The van der Waals surface area contributed by atoms with Gasteiger partial charge < -0.3 is 14.8 Å². The average molecular weight is 365 g/mol. The van der Waals surface area contributed by atoms with Crippen molar-refractivity contribution in [2.75, 3.05) is 25.1 Å². The van der Waals surface area contributed by atoms with E-state index in [9.17, 15) is 0 Å². The number of anilines is 1. The van der Waals surface area contributed by atoms with Crippen LogP contribution in [0.25, 0.3) is 10.9 Å². The summed E-state index contributed by atoms with van der Waals surface area (Å²) in [4.78, 5) is 8.80. The minimum absolute atomic E-state index is 0.585. The summed E-state index contributed by atoms with van der Waals surface area (Å²) >= 11 is 0. The highest BCUT2D eigenvalue weighted by atomic mass is 16.5. The monoisotopic (exact) mass is 365 g/mol. The summed E-state index contributed by atoms with van der Waals surface area (Å²) in [6.45, 7) is 5.97. The van der Waals surface area contributed by atoms with Crippen LogP contribution in [0.5, 0.6) is 11.5 Å². The highest BCUT2D eigenvalue weighted by Crippen LogP contribution is 2.34. The van der Waals surface area contributed by atoms with Crippen molar-refractivity contribution in [2.45, 2.75) is 33.1 Å². The summed E-state index contributed by atoms with van der Waals surface area (Å²) in [6, 6.07) is 14.5. The van der Waals surface area contributed by atoms with Gasteiger partial charge in [-0.1, -0.05) is 30.3 Å². The van der Waals surface area contributed by atoms with E-state index in [4.69, 9.17) is 9.47 Å². The van der Waals surface area contributed by atoms with Crippen LogP contribution in [0.2, 0.25) is 0 Å². The van der Waals surface area contributed by atoms with Crippen LogP contribution in [0.4, 0.5) is 5.82 Å². The Balaban J connectivity index is 1.66. The van der Waals surface area contributed by atoms with E-state index < -0.39 is 0 Å². The Bertz CT molecular complexity index is 853. The lowest BCUT2D eigenvalue weighted by molar-refractivity contribution is 0.288. The summed E-state index contributed by atoms with van der Waals surface area (Å²) in [7, 11) is 0. The fourth-order valence-corrected chi connectivity index (χ4v) is 3.05. The van der Waals surface area contributed by atoms with E-state index in [1.54, 1.807) is 6.33 Å². The third-order valence-electron chi connectivity index (χ3n) is 4.33. The molecule has 0 fully saturated rings. The van der Waals surface area contributed by atoms with Crippen LogP contribution in [-0.4, -0.2) is 29.7 Å². The smallest absolute Gasteiger partial charge is 0.163 e. The molecule has 0 unspecified atom stereocenters. The average Bonchev–Trinajstić information content (AvgIpc) is 2.69. The number of hydrogen-bond donors (Lipinski definition) is 1. The highest BCUT2D eigenvalue weighted by Gasteiger charge is 2.11. The van der Waals surface area contributed by atoms with E-state index in [2.05, 4.69) is 45.6 Å². The Hall–Kier alpha value is -2.82. The number of unbranched alkanes of at least 4 members (excludes halogenated alkanes) is 1. The van der Waals surface area contributed by atoms with Gasteiger partial charge >= 0.3 is 0 Å². The Labute approximate surface area is 160 Å². The molecule has 5 nitrogen and oxygen atoms in total. The molecule has 0 spiro atoms. The molecule has 0 aliphatic carbocycles. The van der Waals surface area contributed by atoms with Crippen LogP contribution in [-0.2, 0) is 6.42 Å². The largest absolute Gasteiger partial charge is 0.490 e. The number of ether oxygens (including phenoxy) is 2. The van der Waals surface area contributed by atoms with E-state index in [1.165, 1.54) is 5.56 Å². The lowest BCUT2D eigenvalue weighted by Crippen LogP contribution is -2.05. The van der Waals surface area contributed by atoms with Gasteiger partial charge in [-0.15, -0.1) is 0 Å². The number of nitrogens with zero attached hydrogens (tertiary/aromatic N) is 2. The predicted octanol–water partition coefficient (Wildman–Crippen LogP) is 4.86. The third-order valence-corrected chi connectivity index (χ3v) is 4.33. The molecule has 1 N–H and O–H groups in total. The van der Waals surface area contributed by atoms with Crippen LogP contribution < -0.4 is 14.8 Å². The van der Waals surface area contributed by atoms with Crippen molar-refractivity contribution < 1.29 is 9.47 Å². The second-order valence-corrected chi connectivity index (χ2v) is 6.27. The summed E-state index contributed by atoms with van der Waals surface area (Å²) in [5, 5.41) is 4.40. The zero-order valence-electron chi connectivity index (χ0n) is 16.1. The molecule has 0 saturated carbocycles. The van der Waals surface area contributed by atoms with Gasteiger partial charge in [0.05, 0.1) is 18.7 Å². The predicted molar refractivity (Wildman–Crippen MR) is 110 cm³/mol. The maximum atomic E-state index is 5.74. The van der Waals surface area contributed by atoms with Crippen LogP contribution in [0.15, 0.2) is 48.8 Å². The summed E-state index contributed by atoms with van der Waals surface area (Å²) < 4.78 is 11.4. The van der Waals surface area contributed by atoms with Crippen molar-refractivity contribution in [3.05, 3.63) is 54.4 Å². The molecule has 1 heterocycles. The van der Waals surface area contributed by atoms with Crippen molar-refractivity contribution in [2.24, 2.45) is 0 Å². The Morgan fingerprint density at radius 1 is 0.889 bits per heavy atom. The van der Waals surface area contributed by atoms with E-state index in [-0.39, 0.29) is 0 Å². The minimum atomic E-state index is 0.585. The van der Waals surface area contributed by atoms with Gasteiger partial charge in [-0.25, -0.2) is 9.97 Å². The molecule has 0 aliphatic rings. The molecule has 3 rings (SSSR count). The number of rotatable bonds is 10. The van der Waals surface area contributed by atoms with Gasteiger partial charge in [0.25, 0.3) is 0 Å². The van der Waals surface area contributed by atoms with E-state index in [1.807, 2.05) is 26.0 Å². The second-order valence-electron chi connectivity index (χ2n) is 6.27. The SMILES string of the molecule is CCOc1cc2ncnc(NCCCCc3ccccc3)c2cc1OCC. The topological polar surface area (TPSA) is 56.3 Å². The van der Waals surface area contributed by atoms with E-state index in [0.29, 0.717) is 13.2 Å². The number of benzene rings is 2. The van der Waals surface area contributed by atoms with Gasteiger partial charge in [0, 0.05) is 18.0 Å². The molecule has 1 aromatic heterocycles. The number of aromatic nitrogens is 2. The van der Waals surface area contributed by atoms with Crippen molar-refractivity contribution in [3.8, 4) is 11.5 Å². The molecule has 0 radical (unpaired) electrons. The molecule has 5 heteroatoms. The van der Waals surface area contributed by atoms with E-state index in [0.717, 1.165) is 54.0 Å². The molecule has 142 valence electrons. The van der Waals surface area contributed by atoms with Crippen molar-refractivity contribution in [1.29, 1.82) is 0 Å². The fraction of sp³-hybridized carbons (Fsp3) is 0.364. The Morgan fingerprint density at radius 2 is 1.63 bits per heavy atom. The van der Waals surface area contributed by atoms with Crippen molar-refractivity contribution in [1.82, 2.24) is 9.97 Å². The Morgan fingerprint density at radius 3 is 2.37 bits per heavy atom. The fourth-order valence-electron chi connectivity index (χ4n) is 3.05. The first-order valence-corrected chi connectivity index (χ1v) is 9.64. The lowest BCUT2D eigenvalue weighted by Gasteiger charge is -2.14. The number of hydrogen-bond acceptors (Lipinski definition) is 5. The molecular formula is C22H27N3O2. The Kier molecular flexibility index (Phi) is 6.85. The molecule has 2 aromatic carbocycles. The van der Waals surface area contributed by atoms with Crippen LogP contribution in [0.1, 0.15) is 32.3 Å². The maximum absolute atomic E-state index is 5.74. The van der Waals surface area contributed by atoms with E-state index >= 15 is 0 Å². The maximum Gasteiger partial charge on any atom is 0.163 e. The molecule has 0 aliphatic heterocycles.